The molecule has 32 heavy (non-hydrogen) atoms. The summed E-state index contributed by atoms with van der Waals surface area (Å²) in [4.78, 5) is 30.4. The number of thiazole rings is 1. The number of nitrogens with one attached hydrogen (secondary N) is 2. The SMILES string of the molecule is CNC(C)C1CCCC(C(=O)N2CCC[C@H]2c2nc3c(-c4ccccc4)ncnc3s2)N1. The average Bonchev–Trinajstić information content (AvgIpc) is 3.50. The second kappa shape index (κ2) is 9.21. The van der Waals surface area contributed by atoms with Gasteiger partial charge in [-0.2, -0.15) is 0 Å². The molecule has 0 bridgehead atoms. The maximum absolute atomic E-state index is 13.5. The van der Waals surface area contributed by atoms with E-state index in [9.17, 15) is 4.79 Å². The number of carbonyl (C=O) groups is 1. The molecule has 2 aliphatic rings. The Morgan fingerprint density at radius 2 is 2.03 bits per heavy atom. The molecule has 7 nitrogen and oxygen atoms in total. The Balaban J connectivity index is 1.40. The molecular weight excluding hydrogens is 420 g/mol. The third kappa shape index (κ3) is 4.02. The normalized spacial score (nSPS) is 24.7. The van der Waals surface area contributed by atoms with Crippen molar-refractivity contribution in [1.29, 1.82) is 0 Å². The summed E-state index contributed by atoms with van der Waals surface area (Å²) < 4.78 is 0. The third-order valence-corrected chi connectivity index (χ3v) is 7.92. The molecule has 0 spiro atoms. The molecule has 0 saturated carbocycles. The van der Waals surface area contributed by atoms with Crippen molar-refractivity contribution in [3.63, 3.8) is 0 Å². The summed E-state index contributed by atoms with van der Waals surface area (Å²) in [6.07, 6.45) is 6.65. The summed E-state index contributed by atoms with van der Waals surface area (Å²) in [7, 11) is 1.98. The Morgan fingerprint density at radius 1 is 1.19 bits per heavy atom. The smallest absolute Gasteiger partial charge is 0.240 e. The Kier molecular flexibility index (Phi) is 6.17. The number of benzene rings is 1. The number of aromatic nitrogens is 3. The molecule has 4 atom stereocenters. The zero-order chi connectivity index (χ0) is 22.1. The van der Waals surface area contributed by atoms with Crippen molar-refractivity contribution in [3.8, 4) is 11.3 Å². The lowest BCUT2D eigenvalue weighted by atomic mass is 9.93. The molecule has 4 heterocycles. The molecule has 168 valence electrons. The largest absolute Gasteiger partial charge is 0.332 e. The Morgan fingerprint density at radius 3 is 2.84 bits per heavy atom. The quantitative estimate of drug-likeness (QED) is 0.619. The minimum absolute atomic E-state index is 0.0224. The molecule has 2 saturated heterocycles. The molecule has 1 amide bonds. The fourth-order valence-corrected chi connectivity index (χ4v) is 6.02. The number of hydrogen-bond acceptors (Lipinski definition) is 7. The number of piperidine rings is 1. The van der Waals surface area contributed by atoms with Crippen LogP contribution in [0.2, 0.25) is 0 Å². The first-order chi connectivity index (χ1) is 15.7. The van der Waals surface area contributed by atoms with E-state index in [2.05, 4.69) is 32.4 Å². The minimum Gasteiger partial charge on any atom is -0.332 e. The first-order valence-corrected chi connectivity index (χ1v) is 12.4. The number of nitrogens with zero attached hydrogens (tertiary/aromatic N) is 4. The standard InChI is InChI=1S/C24H30N6OS/c1-15(25-2)17-10-6-11-18(28-17)24(31)30-13-7-12-19(30)22-29-21-20(16-8-4-3-5-9-16)26-14-27-23(21)32-22/h3-5,8-9,14-15,17-19,25,28H,6-7,10-13H2,1-2H3/t15?,17?,18?,19-/m0/s1. The highest BCUT2D eigenvalue weighted by atomic mass is 32.1. The van der Waals surface area contributed by atoms with Crippen molar-refractivity contribution >= 4 is 27.6 Å². The van der Waals surface area contributed by atoms with E-state index in [1.807, 2.05) is 37.4 Å². The highest BCUT2D eigenvalue weighted by molar-refractivity contribution is 7.18. The molecule has 2 N–H and O–H groups in total. The molecule has 2 aromatic heterocycles. The third-order valence-electron chi connectivity index (χ3n) is 6.86. The van der Waals surface area contributed by atoms with Crippen molar-refractivity contribution < 1.29 is 4.79 Å². The van der Waals surface area contributed by atoms with E-state index in [0.29, 0.717) is 12.1 Å². The first kappa shape index (κ1) is 21.4. The number of likely N-dealkylation sites (tertiary alicyclic amines) is 1. The van der Waals surface area contributed by atoms with E-state index in [1.54, 1.807) is 17.7 Å². The summed E-state index contributed by atoms with van der Waals surface area (Å²) in [6.45, 7) is 2.97. The van der Waals surface area contributed by atoms with Gasteiger partial charge in [-0.05, 0) is 46.1 Å². The van der Waals surface area contributed by atoms with Gasteiger partial charge in [0.15, 0.2) is 0 Å². The number of likely N-dealkylation sites (N-methyl/N-ethyl adjacent to an activating group) is 1. The fraction of sp³-hybridized carbons (Fsp3) is 0.500. The molecule has 8 heteroatoms. The van der Waals surface area contributed by atoms with E-state index >= 15 is 0 Å². The van der Waals surface area contributed by atoms with Gasteiger partial charge in [-0.15, -0.1) is 0 Å². The van der Waals surface area contributed by atoms with Crippen LogP contribution in [0.15, 0.2) is 36.7 Å². The molecule has 5 rings (SSSR count). The highest BCUT2D eigenvalue weighted by Crippen LogP contribution is 2.38. The van der Waals surface area contributed by atoms with E-state index in [1.165, 1.54) is 0 Å². The van der Waals surface area contributed by atoms with Gasteiger partial charge in [0, 0.05) is 24.2 Å². The molecule has 3 aromatic rings. The number of hydrogen-bond donors (Lipinski definition) is 2. The van der Waals surface area contributed by atoms with Crippen LogP contribution in [0.4, 0.5) is 0 Å². The average molecular weight is 451 g/mol. The zero-order valence-corrected chi connectivity index (χ0v) is 19.4. The van der Waals surface area contributed by atoms with Crippen LogP contribution in [0.25, 0.3) is 21.6 Å². The Hall–Kier alpha value is -2.42. The lowest BCUT2D eigenvalue weighted by Crippen LogP contribution is -2.56. The van der Waals surface area contributed by atoms with Gasteiger partial charge >= 0.3 is 0 Å². The Bertz CT molecular complexity index is 1090. The van der Waals surface area contributed by atoms with Crippen molar-refractivity contribution in [1.82, 2.24) is 30.5 Å². The number of rotatable bonds is 5. The maximum atomic E-state index is 13.5. The van der Waals surface area contributed by atoms with Gasteiger partial charge in [0.1, 0.15) is 27.4 Å². The van der Waals surface area contributed by atoms with E-state index in [-0.39, 0.29) is 18.0 Å². The van der Waals surface area contributed by atoms with Crippen molar-refractivity contribution in [2.75, 3.05) is 13.6 Å². The van der Waals surface area contributed by atoms with Crippen LogP contribution in [-0.4, -0.2) is 57.5 Å². The topological polar surface area (TPSA) is 83.0 Å². The molecule has 0 aliphatic carbocycles. The summed E-state index contributed by atoms with van der Waals surface area (Å²) in [5, 5.41) is 7.91. The highest BCUT2D eigenvalue weighted by Gasteiger charge is 2.38. The first-order valence-electron chi connectivity index (χ1n) is 11.6. The lowest BCUT2D eigenvalue weighted by Gasteiger charge is -2.36. The Labute approximate surface area is 192 Å². The fourth-order valence-electron chi connectivity index (χ4n) is 4.96. The summed E-state index contributed by atoms with van der Waals surface area (Å²) in [6, 6.07) is 10.7. The van der Waals surface area contributed by atoms with Crippen LogP contribution in [-0.2, 0) is 4.79 Å². The predicted molar refractivity (Wildman–Crippen MR) is 127 cm³/mol. The van der Waals surface area contributed by atoms with Crippen LogP contribution in [0, 0.1) is 0 Å². The maximum Gasteiger partial charge on any atom is 0.240 e. The number of amides is 1. The van der Waals surface area contributed by atoms with Gasteiger partial charge in [-0.1, -0.05) is 41.7 Å². The van der Waals surface area contributed by atoms with Crippen LogP contribution >= 0.6 is 11.3 Å². The second-order valence-electron chi connectivity index (χ2n) is 8.82. The number of carbonyl (C=O) groups excluding carboxylic acids is 1. The van der Waals surface area contributed by atoms with Crippen molar-refractivity contribution in [2.24, 2.45) is 0 Å². The summed E-state index contributed by atoms with van der Waals surface area (Å²) >= 11 is 1.59. The van der Waals surface area contributed by atoms with E-state index < -0.39 is 0 Å². The molecule has 2 fully saturated rings. The van der Waals surface area contributed by atoms with Crippen molar-refractivity contribution in [3.05, 3.63) is 41.7 Å². The van der Waals surface area contributed by atoms with Crippen LogP contribution in [0.3, 0.4) is 0 Å². The molecule has 2 aliphatic heterocycles. The monoisotopic (exact) mass is 450 g/mol. The number of fused-ring (bicyclic) bond motifs is 1. The zero-order valence-electron chi connectivity index (χ0n) is 18.6. The van der Waals surface area contributed by atoms with Gasteiger partial charge in [0.05, 0.1) is 12.1 Å². The summed E-state index contributed by atoms with van der Waals surface area (Å²) in [5.41, 5.74) is 2.72. The van der Waals surface area contributed by atoms with Gasteiger partial charge in [-0.3, -0.25) is 4.79 Å². The second-order valence-corrected chi connectivity index (χ2v) is 9.83. The van der Waals surface area contributed by atoms with Gasteiger partial charge < -0.3 is 15.5 Å². The predicted octanol–water partition coefficient (Wildman–Crippen LogP) is 3.54. The molecular formula is C24H30N6OS. The lowest BCUT2D eigenvalue weighted by molar-refractivity contribution is -0.135. The van der Waals surface area contributed by atoms with Gasteiger partial charge in [0.25, 0.3) is 0 Å². The van der Waals surface area contributed by atoms with E-state index in [4.69, 9.17) is 4.98 Å². The van der Waals surface area contributed by atoms with Crippen molar-refractivity contribution in [2.45, 2.75) is 63.2 Å². The summed E-state index contributed by atoms with van der Waals surface area (Å²) in [5.74, 6) is 0.217. The molecule has 1 aromatic carbocycles. The minimum atomic E-state index is -0.112. The molecule has 3 unspecified atom stereocenters. The van der Waals surface area contributed by atoms with Crippen LogP contribution < -0.4 is 10.6 Å². The van der Waals surface area contributed by atoms with Gasteiger partial charge in [0.2, 0.25) is 5.91 Å². The van der Waals surface area contributed by atoms with Crippen LogP contribution in [0.1, 0.15) is 50.1 Å². The van der Waals surface area contributed by atoms with E-state index in [0.717, 1.165) is 65.3 Å². The van der Waals surface area contributed by atoms with Crippen LogP contribution in [0.5, 0.6) is 0 Å². The molecule has 0 radical (unpaired) electrons. The van der Waals surface area contributed by atoms with Gasteiger partial charge in [-0.25, -0.2) is 15.0 Å².